The number of aryl methyl sites for hydroxylation is 1. The zero-order chi connectivity index (χ0) is 25.5. The van der Waals surface area contributed by atoms with Crippen LogP contribution in [0, 0.1) is 0 Å². The van der Waals surface area contributed by atoms with Gasteiger partial charge in [-0.05, 0) is 33.9 Å². The average Bonchev–Trinajstić information content (AvgIpc) is 3.58. The summed E-state index contributed by atoms with van der Waals surface area (Å²) in [5.74, 6) is 1.38. The van der Waals surface area contributed by atoms with Crippen molar-refractivity contribution in [1.82, 2.24) is 35.0 Å². The summed E-state index contributed by atoms with van der Waals surface area (Å²) in [5, 5.41) is 19.1. The van der Waals surface area contributed by atoms with Gasteiger partial charge >= 0.3 is 5.69 Å². The minimum absolute atomic E-state index is 0.0876. The number of nitrogens with zero attached hydrogens (tertiary/aromatic N) is 6. The van der Waals surface area contributed by atoms with Crippen LogP contribution in [0.1, 0.15) is 36.7 Å². The first-order chi connectivity index (χ1) is 18.2. The van der Waals surface area contributed by atoms with Crippen molar-refractivity contribution < 1.29 is 0 Å². The highest BCUT2D eigenvalue weighted by Crippen LogP contribution is 2.29. The van der Waals surface area contributed by atoms with Crippen LogP contribution < -0.4 is 5.69 Å². The molecule has 3 aromatic carbocycles. The maximum Gasteiger partial charge on any atom is 0.346 e. The molecule has 0 atom stereocenters. The van der Waals surface area contributed by atoms with E-state index in [1.54, 1.807) is 9.25 Å². The zero-order valence-electron chi connectivity index (χ0n) is 20.8. The molecule has 0 spiro atoms. The maximum absolute atomic E-state index is 13.3. The lowest BCUT2D eigenvalue weighted by molar-refractivity contribution is 0.649. The quantitative estimate of drug-likeness (QED) is 0.297. The fraction of sp³-hybridized carbons (Fsp3) is 0.207. The van der Waals surface area contributed by atoms with Crippen molar-refractivity contribution in [3.05, 3.63) is 112 Å². The van der Waals surface area contributed by atoms with E-state index >= 15 is 0 Å². The molecule has 0 aliphatic rings. The summed E-state index contributed by atoms with van der Waals surface area (Å²) in [6.45, 7) is 3.06. The van der Waals surface area contributed by atoms with Crippen LogP contribution >= 0.6 is 0 Å². The summed E-state index contributed by atoms with van der Waals surface area (Å²) < 4.78 is 3.36. The summed E-state index contributed by atoms with van der Waals surface area (Å²) in [7, 11) is 0. The lowest BCUT2D eigenvalue weighted by atomic mass is 9.98. The van der Waals surface area contributed by atoms with Crippen LogP contribution in [0.5, 0.6) is 0 Å². The molecule has 0 fully saturated rings. The van der Waals surface area contributed by atoms with E-state index in [4.69, 9.17) is 0 Å². The van der Waals surface area contributed by atoms with Gasteiger partial charge in [-0.2, -0.15) is 10.3 Å². The van der Waals surface area contributed by atoms with E-state index in [0.29, 0.717) is 18.9 Å². The number of allylic oxidation sites excluding steroid dienone is 1. The third-order valence-electron chi connectivity index (χ3n) is 6.26. The number of tetrazole rings is 1. The smallest absolute Gasteiger partial charge is 0.274 e. The number of aromatic nitrogens is 7. The molecule has 2 heterocycles. The first-order valence-electron chi connectivity index (χ1n) is 12.5. The van der Waals surface area contributed by atoms with Gasteiger partial charge in [0, 0.05) is 12.0 Å². The van der Waals surface area contributed by atoms with Crippen molar-refractivity contribution >= 4 is 6.08 Å². The average molecular weight is 492 g/mol. The maximum atomic E-state index is 13.3. The van der Waals surface area contributed by atoms with Gasteiger partial charge in [-0.1, -0.05) is 104 Å². The molecule has 37 heavy (non-hydrogen) atoms. The molecule has 1 N–H and O–H groups in total. The molecule has 8 heteroatoms. The van der Waals surface area contributed by atoms with Crippen LogP contribution in [-0.4, -0.2) is 35.0 Å². The first-order valence-corrected chi connectivity index (χ1v) is 12.5. The third kappa shape index (κ3) is 5.64. The number of nitrogens with one attached hydrogen (secondary N) is 1. The Bertz CT molecular complexity index is 1520. The van der Waals surface area contributed by atoms with Crippen LogP contribution in [0.2, 0.25) is 0 Å². The van der Waals surface area contributed by atoms with E-state index in [9.17, 15) is 4.79 Å². The molecule has 8 nitrogen and oxygen atoms in total. The van der Waals surface area contributed by atoms with Crippen molar-refractivity contribution in [2.45, 2.75) is 39.3 Å². The Morgan fingerprint density at radius 2 is 1.68 bits per heavy atom. The summed E-state index contributed by atoms with van der Waals surface area (Å²) in [4.78, 5) is 13.3. The molecule has 0 saturated carbocycles. The number of benzene rings is 3. The topological polar surface area (TPSA) is 94.3 Å². The SMILES string of the molecule is CCCCc1nn(CC=Cc2ccccc2)c(=O)n1Cc1ccc(-c2ccccc2-c2nn[nH]n2)cc1. The molecule has 5 aromatic rings. The standard InChI is InChI=1S/C29H29N7O/c1-2-3-15-27-32-36(20-9-12-22-10-5-4-6-11-22)29(37)35(27)21-23-16-18-24(19-17-23)25-13-7-8-14-26(25)28-30-33-34-31-28/h4-14,16-19H,2-3,15,20-21H2,1H3,(H,30,31,33,34). The van der Waals surface area contributed by atoms with E-state index < -0.39 is 0 Å². The van der Waals surface area contributed by atoms with Crippen LogP contribution in [0.3, 0.4) is 0 Å². The third-order valence-corrected chi connectivity index (χ3v) is 6.26. The molecule has 0 aliphatic carbocycles. The van der Waals surface area contributed by atoms with Gasteiger partial charge in [-0.25, -0.2) is 9.48 Å². The number of unbranched alkanes of at least 4 members (excludes halogenated alkanes) is 1. The largest absolute Gasteiger partial charge is 0.346 e. The number of rotatable bonds is 10. The number of hydrogen-bond donors (Lipinski definition) is 1. The Kier molecular flexibility index (Phi) is 7.45. The van der Waals surface area contributed by atoms with Crippen molar-refractivity contribution in [3.8, 4) is 22.5 Å². The molecule has 186 valence electrons. The van der Waals surface area contributed by atoms with Crippen molar-refractivity contribution in [3.63, 3.8) is 0 Å². The van der Waals surface area contributed by atoms with E-state index in [0.717, 1.165) is 52.9 Å². The molecule has 0 bridgehead atoms. The van der Waals surface area contributed by atoms with Gasteiger partial charge in [0.1, 0.15) is 5.82 Å². The Morgan fingerprint density at radius 1 is 0.919 bits per heavy atom. The zero-order valence-corrected chi connectivity index (χ0v) is 20.8. The second-order valence-electron chi connectivity index (χ2n) is 8.86. The predicted octanol–water partition coefficient (Wildman–Crippen LogP) is 5.00. The monoisotopic (exact) mass is 491 g/mol. The van der Waals surface area contributed by atoms with E-state index in [1.165, 1.54) is 0 Å². The predicted molar refractivity (Wildman–Crippen MR) is 145 cm³/mol. The van der Waals surface area contributed by atoms with Gasteiger partial charge < -0.3 is 0 Å². The Labute approximate surface area is 215 Å². The number of hydrogen-bond acceptors (Lipinski definition) is 5. The second-order valence-corrected chi connectivity index (χ2v) is 8.86. The molecular formula is C29H29N7O. The molecule has 0 radical (unpaired) electrons. The van der Waals surface area contributed by atoms with Crippen LogP contribution in [0.15, 0.2) is 89.7 Å². The summed E-state index contributed by atoms with van der Waals surface area (Å²) >= 11 is 0. The highest BCUT2D eigenvalue weighted by molar-refractivity contribution is 5.80. The highest BCUT2D eigenvalue weighted by atomic mass is 16.2. The molecular weight excluding hydrogens is 462 g/mol. The van der Waals surface area contributed by atoms with Crippen LogP contribution in [0.4, 0.5) is 0 Å². The molecule has 0 aliphatic heterocycles. The summed E-state index contributed by atoms with van der Waals surface area (Å²) in [5.41, 5.74) is 5.03. The van der Waals surface area contributed by atoms with Gasteiger partial charge in [-0.3, -0.25) is 4.57 Å². The summed E-state index contributed by atoms with van der Waals surface area (Å²) in [6.07, 6.45) is 6.80. The normalized spacial score (nSPS) is 11.4. The summed E-state index contributed by atoms with van der Waals surface area (Å²) in [6, 6.07) is 26.3. The fourth-order valence-electron chi connectivity index (χ4n) is 4.31. The van der Waals surface area contributed by atoms with Gasteiger partial charge in [0.2, 0.25) is 5.82 Å². The highest BCUT2D eigenvalue weighted by Gasteiger charge is 2.14. The number of aromatic amines is 1. The van der Waals surface area contributed by atoms with Gasteiger partial charge in [-0.15, -0.1) is 10.2 Å². The van der Waals surface area contributed by atoms with Crippen LogP contribution in [0.25, 0.3) is 28.6 Å². The number of H-pyrrole nitrogens is 1. The van der Waals surface area contributed by atoms with Gasteiger partial charge in [0.15, 0.2) is 0 Å². The minimum Gasteiger partial charge on any atom is -0.274 e. The fourth-order valence-corrected chi connectivity index (χ4v) is 4.31. The van der Waals surface area contributed by atoms with Gasteiger partial charge in [0.25, 0.3) is 0 Å². The van der Waals surface area contributed by atoms with E-state index in [2.05, 4.69) is 56.9 Å². The van der Waals surface area contributed by atoms with E-state index in [-0.39, 0.29) is 5.69 Å². The molecule has 0 amide bonds. The molecule has 0 saturated heterocycles. The van der Waals surface area contributed by atoms with Crippen molar-refractivity contribution in [2.75, 3.05) is 0 Å². The Hall–Kier alpha value is -4.59. The van der Waals surface area contributed by atoms with Crippen LogP contribution in [-0.2, 0) is 19.5 Å². The molecule has 2 aromatic heterocycles. The second kappa shape index (κ2) is 11.4. The minimum atomic E-state index is -0.0876. The van der Waals surface area contributed by atoms with E-state index in [1.807, 2.05) is 66.7 Å². The Balaban J connectivity index is 1.38. The molecule has 0 unspecified atom stereocenters. The lowest BCUT2D eigenvalue weighted by Gasteiger charge is -2.09. The lowest BCUT2D eigenvalue weighted by Crippen LogP contribution is -2.25. The van der Waals surface area contributed by atoms with Crippen molar-refractivity contribution in [1.29, 1.82) is 0 Å². The molecule has 5 rings (SSSR count). The van der Waals surface area contributed by atoms with Gasteiger partial charge in [0.05, 0.1) is 13.1 Å². The Morgan fingerprint density at radius 3 is 2.41 bits per heavy atom. The van der Waals surface area contributed by atoms with Crippen molar-refractivity contribution in [2.24, 2.45) is 0 Å². The first kappa shape index (κ1) is 24.1.